The van der Waals surface area contributed by atoms with Gasteiger partial charge in [-0.15, -0.1) is 0 Å². The molecule has 0 spiro atoms. The Morgan fingerprint density at radius 1 is 1.17 bits per heavy atom. The number of hydrogen-bond acceptors (Lipinski definition) is 6. The van der Waals surface area contributed by atoms with Crippen molar-refractivity contribution < 1.29 is 19.1 Å². The van der Waals surface area contributed by atoms with Crippen molar-refractivity contribution in [2.24, 2.45) is 0 Å². The van der Waals surface area contributed by atoms with Crippen LogP contribution in [0, 0.1) is 0 Å². The average molecular weight is 335 g/mol. The van der Waals surface area contributed by atoms with Crippen LogP contribution in [0.3, 0.4) is 0 Å². The predicted octanol–water partition coefficient (Wildman–Crippen LogP) is 2.20. The van der Waals surface area contributed by atoms with E-state index in [0.29, 0.717) is 18.8 Å². The molecule has 0 bridgehead atoms. The highest BCUT2D eigenvalue weighted by molar-refractivity contribution is 5.68. The van der Waals surface area contributed by atoms with Gasteiger partial charge in [0.15, 0.2) is 0 Å². The molecular formula is C17H25N3O4. The largest absolute Gasteiger partial charge is 0.459 e. The molecule has 0 atom stereocenters. The SMILES string of the molecule is CC(=O)OCc1ccc(N2CCN(C(=O)OC(C)(C)C)CC2)cn1. The Morgan fingerprint density at radius 3 is 2.33 bits per heavy atom. The van der Waals surface area contributed by atoms with E-state index in [0.717, 1.165) is 18.8 Å². The van der Waals surface area contributed by atoms with Crippen LogP contribution in [0.15, 0.2) is 18.3 Å². The molecular weight excluding hydrogens is 310 g/mol. The van der Waals surface area contributed by atoms with Crippen molar-refractivity contribution in [3.05, 3.63) is 24.0 Å². The first-order valence-electron chi connectivity index (χ1n) is 8.06. The number of anilines is 1. The van der Waals surface area contributed by atoms with Crippen LogP contribution in [-0.4, -0.2) is 53.7 Å². The summed E-state index contributed by atoms with van der Waals surface area (Å²) in [5, 5.41) is 0. The van der Waals surface area contributed by atoms with Gasteiger partial charge in [-0.25, -0.2) is 4.79 Å². The van der Waals surface area contributed by atoms with E-state index in [-0.39, 0.29) is 18.7 Å². The number of amides is 1. The van der Waals surface area contributed by atoms with Gasteiger partial charge in [-0.1, -0.05) is 0 Å². The molecule has 0 radical (unpaired) electrons. The van der Waals surface area contributed by atoms with Gasteiger partial charge in [0.2, 0.25) is 0 Å². The number of piperazine rings is 1. The highest BCUT2D eigenvalue weighted by Crippen LogP contribution is 2.17. The minimum absolute atomic E-state index is 0.183. The lowest BCUT2D eigenvalue weighted by Crippen LogP contribution is -2.50. The molecule has 0 unspecified atom stereocenters. The summed E-state index contributed by atoms with van der Waals surface area (Å²) in [6.45, 7) is 9.84. The molecule has 1 aromatic rings. The number of carbonyl (C=O) groups excluding carboxylic acids is 2. The maximum atomic E-state index is 12.1. The van der Waals surface area contributed by atoms with Gasteiger partial charge in [0.05, 0.1) is 17.6 Å². The zero-order valence-electron chi connectivity index (χ0n) is 14.7. The summed E-state index contributed by atoms with van der Waals surface area (Å²) in [5.74, 6) is -0.320. The molecule has 0 aromatic carbocycles. The molecule has 1 aliphatic heterocycles. The molecule has 7 nitrogen and oxygen atoms in total. The second-order valence-electron chi connectivity index (χ2n) is 6.74. The minimum Gasteiger partial charge on any atom is -0.459 e. The van der Waals surface area contributed by atoms with E-state index in [1.807, 2.05) is 32.9 Å². The lowest BCUT2D eigenvalue weighted by atomic mass is 10.2. The van der Waals surface area contributed by atoms with Crippen LogP contribution in [0.2, 0.25) is 0 Å². The summed E-state index contributed by atoms with van der Waals surface area (Å²) >= 11 is 0. The van der Waals surface area contributed by atoms with Crippen LogP contribution < -0.4 is 4.90 Å². The monoisotopic (exact) mass is 335 g/mol. The number of ether oxygens (including phenoxy) is 2. The van der Waals surface area contributed by atoms with Crippen LogP contribution in [0.4, 0.5) is 10.5 Å². The maximum absolute atomic E-state index is 12.1. The maximum Gasteiger partial charge on any atom is 0.410 e. The highest BCUT2D eigenvalue weighted by Gasteiger charge is 2.25. The van der Waals surface area contributed by atoms with E-state index in [2.05, 4.69) is 9.88 Å². The van der Waals surface area contributed by atoms with Crippen molar-refractivity contribution in [2.45, 2.75) is 39.9 Å². The smallest absolute Gasteiger partial charge is 0.410 e. The first kappa shape index (κ1) is 18.0. The molecule has 0 aliphatic carbocycles. The number of carbonyl (C=O) groups is 2. The number of esters is 1. The van der Waals surface area contributed by atoms with Crippen molar-refractivity contribution in [2.75, 3.05) is 31.1 Å². The number of rotatable bonds is 3. The molecule has 7 heteroatoms. The molecule has 1 aliphatic rings. The fourth-order valence-corrected chi connectivity index (χ4v) is 2.34. The second-order valence-corrected chi connectivity index (χ2v) is 6.74. The fourth-order valence-electron chi connectivity index (χ4n) is 2.34. The summed E-state index contributed by atoms with van der Waals surface area (Å²) in [4.78, 5) is 31.1. The molecule has 1 fully saturated rings. The lowest BCUT2D eigenvalue weighted by Gasteiger charge is -2.36. The Hall–Kier alpha value is -2.31. The summed E-state index contributed by atoms with van der Waals surface area (Å²) in [5.41, 5.74) is 1.22. The van der Waals surface area contributed by atoms with E-state index in [1.165, 1.54) is 6.92 Å². The Morgan fingerprint density at radius 2 is 1.83 bits per heavy atom. The van der Waals surface area contributed by atoms with Gasteiger partial charge < -0.3 is 19.3 Å². The van der Waals surface area contributed by atoms with Gasteiger partial charge in [0, 0.05) is 33.1 Å². The van der Waals surface area contributed by atoms with Crippen LogP contribution in [0.25, 0.3) is 0 Å². The van der Waals surface area contributed by atoms with Crippen molar-refractivity contribution in [1.82, 2.24) is 9.88 Å². The number of hydrogen-bond donors (Lipinski definition) is 0. The Bertz CT molecular complexity index is 572. The van der Waals surface area contributed by atoms with E-state index in [4.69, 9.17) is 9.47 Å². The van der Waals surface area contributed by atoms with Gasteiger partial charge in [0.25, 0.3) is 0 Å². The number of pyridine rings is 1. The van der Waals surface area contributed by atoms with Gasteiger partial charge in [-0.05, 0) is 32.9 Å². The molecule has 1 saturated heterocycles. The second kappa shape index (κ2) is 7.51. The van der Waals surface area contributed by atoms with Crippen molar-refractivity contribution >= 4 is 17.7 Å². The fraction of sp³-hybridized carbons (Fsp3) is 0.588. The quantitative estimate of drug-likeness (QED) is 0.789. The molecule has 24 heavy (non-hydrogen) atoms. The van der Waals surface area contributed by atoms with Gasteiger partial charge in [-0.3, -0.25) is 9.78 Å². The van der Waals surface area contributed by atoms with Gasteiger partial charge in [0.1, 0.15) is 12.2 Å². The average Bonchev–Trinajstić information content (AvgIpc) is 2.52. The molecule has 0 N–H and O–H groups in total. The Balaban J connectivity index is 1.85. The third-order valence-corrected chi connectivity index (χ3v) is 3.53. The highest BCUT2D eigenvalue weighted by atomic mass is 16.6. The standard InChI is InChI=1S/C17H25N3O4/c1-13(21)23-12-14-5-6-15(11-18-14)19-7-9-20(10-8-19)16(22)24-17(2,3)4/h5-6,11H,7-10,12H2,1-4H3. The Labute approximate surface area is 142 Å². The molecule has 1 aromatic heterocycles. The first-order valence-corrected chi connectivity index (χ1v) is 8.06. The van der Waals surface area contributed by atoms with E-state index in [1.54, 1.807) is 11.1 Å². The minimum atomic E-state index is -0.476. The first-order chi connectivity index (χ1) is 11.2. The van der Waals surface area contributed by atoms with Gasteiger partial charge >= 0.3 is 12.1 Å². The van der Waals surface area contributed by atoms with Crippen LogP contribution >= 0.6 is 0 Å². The van der Waals surface area contributed by atoms with Crippen molar-refractivity contribution in [1.29, 1.82) is 0 Å². The van der Waals surface area contributed by atoms with Gasteiger partial charge in [-0.2, -0.15) is 0 Å². The summed E-state index contributed by atoms with van der Waals surface area (Å²) in [6.07, 6.45) is 1.50. The van der Waals surface area contributed by atoms with Crippen LogP contribution in [0.1, 0.15) is 33.4 Å². The predicted molar refractivity (Wildman–Crippen MR) is 89.7 cm³/mol. The number of aromatic nitrogens is 1. The third-order valence-electron chi connectivity index (χ3n) is 3.53. The molecule has 2 heterocycles. The zero-order valence-corrected chi connectivity index (χ0v) is 14.7. The molecule has 132 valence electrons. The summed E-state index contributed by atoms with van der Waals surface area (Å²) in [7, 11) is 0. The molecule has 2 rings (SSSR count). The molecule has 0 saturated carbocycles. The zero-order chi connectivity index (χ0) is 17.7. The van der Waals surface area contributed by atoms with E-state index < -0.39 is 5.60 Å². The van der Waals surface area contributed by atoms with E-state index in [9.17, 15) is 9.59 Å². The van der Waals surface area contributed by atoms with E-state index >= 15 is 0 Å². The molecule has 1 amide bonds. The summed E-state index contributed by atoms with van der Waals surface area (Å²) < 4.78 is 10.3. The number of nitrogens with zero attached hydrogens (tertiary/aromatic N) is 3. The van der Waals surface area contributed by atoms with Crippen LogP contribution in [-0.2, 0) is 20.9 Å². The Kier molecular flexibility index (Phi) is 5.64. The lowest BCUT2D eigenvalue weighted by molar-refractivity contribution is -0.142. The summed E-state index contributed by atoms with van der Waals surface area (Å²) in [6, 6.07) is 3.80. The van der Waals surface area contributed by atoms with Crippen molar-refractivity contribution in [3.63, 3.8) is 0 Å². The normalized spacial score (nSPS) is 15.2. The van der Waals surface area contributed by atoms with Crippen LogP contribution in [0.5, 0.6) is 0 Å². The van der Waals surface area contributed by atoms with Crippen molar-refractivity contribution in [3.8, 4) is 0 Å². The third kappa shape index (κ3) is 5.40. The topological polar surface area (TPSA) is 72.0 Å².